The smallest absolute Gasteiger partial charge is 0.225 e. The second kappa shape index (κ2) is 8.18. The van der Waals surface area contributed by atoms with E-state index in [9.17, 15) is 4.79 Å². The van der Waals surface area contributed by atoms with Crippen LogP contribution in [0, 0.1) is 17.3 Å². The van der Waals surface area contributed by atoms with Gasteiger partial charge in [0, 0.05) is 38.1 Å². The van der Waals surface area contributed by atoms with E-state index >= 15 is 0 Å². The summed E-state index contributed by atoms with van der Waals surface area (Å²) in [6.07, 6.45) is 7.57. The molecular weight excluding hydrogens is 324 g/mol. The summed E-state index contributed by atoms with van der Waals surface area (Å²) in [6, 6.07) is 0.417. The third-order valence-electron chi connectivity index (χ3n) is 6.93. The minimum Gasteiger partial charge on any atom is -0.373 e. The first-order valence-corrected chi connectivity index (χ1v) is 10.9. The lowest BCUT2D eigenvalue weighted by molar-refractivity contribution is -0.139. The van der Waals surface area contributed by atoms with Gasteiger partial charge in [-0.15, -0.1) is 0 Å². The van der Waals surface area contributed by atoms with Gasteiger partial charge in [0.05, 0.1) is 12.2 Å². The highest BCUT2D eigenvalue weighted by molar-refractivity contribution is 5.79. The molecule has 0 aromatic rings. The molecule has 3 atom stereocenters. The summed E-state index contributed by atoms with van der Waals surface area (Å²) in [5, 5.41) is 0. The molecule has 3 fully saturated rings. The highest BCUT2D eigenvalue weighted by atomic mass is 16.5. The first kappa shape index (κ1) is 20.1. The minimum atomic E-state index is 0.275. The molecule has 2 saturated heterocycles. The summed E-state index contributed by atoms with van der Waals surface area (Å²) in [4.78, 5) is 18.0. The Kier molecular flexibility index (Phi) is 6.33. The van der Waals surface area contributed by atoms with Crippen molar-refractivity contribution >= 4 is 5.91 Å². The monoisotopic (exact) mass is 364 g/mol. The molecule has 2 aliphatic heterocycles. The van der Waals surface area contributed by atoms with Crippen LogP contribution in [0.5, 0.6) is 0 Å². The molecule has 2 heterocycles. The maximum atomic E-state index is 13.2. The Morgan fingerprint density at radius 1 is 1.00 bits per heavy atom. The summed E-state index contributed by atoms with van der Waals surface area (Å²) in [5.74, 6) is 1.50. The largest absolute Gasteiger partial charge is 0.373 e. The topological polar surface area (TPSA) is 32.8 Å². The number of nitrogens with zero attached hydrogens (tertiary/aromatic N) is 2. The fourth-order valence-corrected chi connectivity index (χ4v) is 5.49. The van der Waals surface area contributed by atoms with Crippen LogP contribution in [-0.2, 0) is 9.53 Å². The standard InChI is InChI=1S/C22H40N2O2/c1-16-13-23(14-17(2)26-16)15-20-7-6-12-24(20)21(25)18-8-10-19(11-9-18)22(3,4)5/h16-20H,6-15H2,1-5H3. The average molecular weight is 365 g/mol. The summed E-state index contributed by atoms with van der Waals surface area (Å²) < 4.78 is 5.87. The Morgan fingerprint density at radius 2 is 1.62 bits per heavy atom. The lowest BCUT2D eigenvalue weighted by Crippen LogP contribution is -2.51. The Morgan fingerprint density at radius 3 is 2.19 bits per heavy atom. The quantitative estimate of drug-likeness (QED) is 0.760. The molecule has 1 aliphatic carbocycles. The molecule has 26 heavy (non-hydrogen) atoms. The zero-order chi connectivity index (χ0) is 18.9. The second-order valence-corrected chi connectivity index (χ2v) is 10.2. The molecule has 4 heteroatoms. The van der Waals surface area contributed by atoms with Crippen LogP contribution in [0.3, 0.4) is 0 Å². The third kappa shape index (κ3) is 4.81. The number of likely N-dealkylation sites (tertiary alicyclic amines) is 1. The Labute approximate surface area is 160 Å². The molecule has 0 bridgehead atoms. The first-order chi connectivity index (χ1) is 12.2. The van der Waals surface area contributed by atoms with Crippen LogP contribution in [0.4, 0.5) is 0 Å². The molecule has 3 aliphatic rings. The van der Waals surface area contributed by atoms with E-state index in [1.807, 2.05) is 0 Å². The van der Waals surface area contributed by atoms with Crippen molar-refractivity contribution in [3.05, 3.63) is 0 Å². The number of carbonyl (C=O) groups excluding carboxylic acids is 1. The van der Waals surface area contributed by atoms with Gasteiger partial charge in [-0.25, -0.2) is 0 Å². The summed E-state index contributed by atoms with van der Waals surface area (Å²) in [5.41, 5.74) is 0.383. The molecule has 3 unspecified atom stereocenters. The Bertz CT molecular complexity index is 469. The molecule has 150 valence electrons. The van der Waals surface area contributed by atoms with E-state index in [-0.39, 0.29) is 5.92 Å². The molecular formula is C22H40N2O2. The lowest BCUT2D eigenvalue weighted by atomic mass is 9.69. The van der Waals surface area contributed by atoms with Gasteiger partial charge in [-0.05, 0) is 63.7 Å². The number of hydrogen-bond donors (Lipinski definition) is 0. The third-order valence-corrected chi connectivity index (χ3v) is 6.93. The normalized spacial score (nSPS) is 37.1. The molecule has 0 radical (unpaired) electrons. The highest BCUT2D eigenvalue weighted by Crippen LogP contribution is 2.40. The molecule has 1 saturated carbocycles. The van der Waals surface area contributed by atoms with Gasteiger partial charge < -0.3 is 9.64 Å². The molecule has 0 spiro atoms. The number of carbonyl (C=O) groups is 1. The molecule has 4 nitrogen and oxygen atoms in total. The van der Waals surface area contributed by atoms with Crippen LogP contribution in [-0.4, -0.2) is 60.1 Å². The Hall–Kier alpha value is -0.610. The van der Waals surface area contributed by atoms with Crippen LogP contribution in [0.2, 0.25) is 0 Å². The van der Waals surface area contributed by atoms with Crippen LogP contribution in [0.25, 0.3) is 0 Å². The van der Waals surface area contributed by atoms with Gasteiger partial charge in [0.25, 0.3) is 0 Å². The van der Waals surface area contributed by atoms with Crippen molar-refractivity contribution in [1.82, 2.24) is 9.80 Å². The molecule has 0 N–H and O–H groups in total. The lowest BCUT2D eigenvalue weighted by Gasteiger charge is -2.40. The predicted molar refractivity (Wildman–Crippen MR) is 106 cm³/mol. The molecule has 0 aromatic carbocycles. The van der Waals surface area contributed by atoms with Gasteiger partial charge in [-0.3, -0.25) is 9.69 Å². The van der Waals surface area contributed by atoms with Crippen molar-refractivity contribution in [2.45, 2.75) is 91.4 Å². The Balaban J connectivity index is 1.54. The van der Waals surface area contributed by atoms with Crippen molar-refractivity contribution in [2.75, 3.05) is 26.2 Å². The SMILES string of the molecule is CC1CN(CC2CCCN2C(=O)C2CCC(C(C)(C)C)CC2)CC(C)O1. The van der Waals surface area contributed by atoms with Crippen LogP contribution in [0.15, 0.2) is 0 Å². The van der Waals surface area contributed by atoms with Gasteiger partial charge in [0.15, 0.2) is 0 Å². The number of morpholine rings is 1. The van der Waals surface area contributed by atoms with Gasteiger partial charge >= 0.3 is 0 Å². The molecule has 0 aromatic heterocycles. The summed E-state index contributed by atoms with van der Waals surface area (Å²) in [6.45, 7) is 15.4. The van der Waals surface area contributed by atoms with E-state index in [4.69, 9.17) is 4.74 Å². The number of ether oxygens (including phenoxy) is 1. The van der Waals surface area contributed by atoms with Crippen molar-refractivity contribution in [3.63, 3.8) is 0 Å². The fourth-order valence-electron chi connectivity index (χ4n) is 5.49. The number of hydrogen-bond acceptors (Lipinski definition) is 3. The van der Waals surface area contributed by atoms with E-state index < -0.39 is 0 Å². The number of rotatable bonds is 3. The molecule has 3 rings (SSSR count). The van der Waals surface area contributed by atoms with Crippen LogP contribution < -0.4 is 0 Å². The first-order valence-electron chi connectivity index (χ1n) is 10.9. The summed E-state index contributed by atoms with van der Waals surface area (Å²) >= 11 is 0. The zero-order valence-electron chi connectivity index (χ0n) is 17.7. The minimum absolute atomic E-state index is 0.275. The van der Waals surface area contributed by atoms with E-state index in [1.165, 1.54) is 25.7 Å². The van der Waals surface area contributed by atoms with Gasteiger partial charge in [-0.2, -0.15) is 0 Å². The van der Waals surface area contributed by atoms with Crippen LogP contribution in [0.1, 0.15) is 73.1 Å². The highest BCUT2D eigenvalue weighted by Gasteiger charge is 2.38. The number of amides is 1. The summed E-state index contributed by atoms with van der Waals surface area (Å²) in [7, 11) is 0. The van der Waals surface area contributed by atoms with Crippen LogP contribution >= 0.6 is 0 Å². The van der Waals surface area contributed by atoms with E-state index in [1.54, 1.807) is 0 Å². The van der Waals surface area contributed by atoms with Gasteiger partial charge in [-0.1, -0.05) is 20.8 Å². The maximum Gasteiger partial charge on any atom is 0.225 e. The fraction of sp³-hybridized carbons (Fsp3) is 0.955. The maximum absolute atomic E-state index is 13.2. The van der Waals surface area contributed by atoms with E-state index in [0.29, 0.717) is 29.6 Å². The zero-order valence-corrected chi connectivity index (χ0v) is 17.7. The van der Waals surface area contributed by atoms with Crippen molar-refractivity contribution in [3.8, 4) is 0 Å². The average Bonchev–Trinajstić information content (AvgIpc) is 3.00. The second-order valence-electron chi connectivity index (χ2n) is 10.2. The van der Waals surface area contributed by atoms with Crippen molar-refractivity contribution in [2.24, 2.45) is 17.3 Å². The molecule has 1 amide bonds. The van der Waals surface area contributed by atoms with Gasteiger partial charge in [0.2, 0.25) is 5.91 Å². The van der Waals surface area contributed by atoms with E-state index in [0.717, 1.165) is 44.9 Å². The predicted octanol–water partition coefficient (Wildman–Crippen LogP) is 3.94. The van der Waals surface area contributed by atoms with E-state index in [2.05, 4.69) is 44.4 Å². The van der Waals surface area contributed by atoms with Crippen molar-refractivity contribution in [1.29, 1.82) is 0 Å². The van der Waals surface area contributed by atoms with Crippen molar-refractivity contribution < 1.29 is 9.53 Å². The van der Waals surface area contributed by atoms with Gasteiger partial charge in [0.1, 0.15) is 0 Å².